The zero-order chi connectivity index (χ0) is 33.0. The van der Waals surface area contributed by atoms with E-state index in [9.17, 15) is 14.4 Å². The molecule has 0 aromatic rings. The summed E-state index contributed by atoms with van der Waals surface area (Å²) >= 11 is 1.60. The van der Waals surface area contributed by atoms with Crippen LogP contribution in [0.2, 0.25) is 0 Å². The summed E-state index contributed by atoms with van der Waals surface area (Å²) in [6.45, 7) is 8.80. The molecule has 1 fully saturated rings. The summed E-state index contributed by atoms with van der Waals surface area (Å²) in [5.74, 6) is -0.340. The average molecular weight is 655 g/mol. The lowest BCUT2D eigenvalue weighted by atomic mass is 10.0. The zero-order valence-corrected chi connectivity index (χ0v) is 30.5. The Hall–Kier alpha value is -1.28. The zero-order valence-electron chi connectivity index (χ0n) is 29.7. The monoisotopic (exact) mass is 655 g/mol. The molecule has 2 atom stereocenters. The van der Waals surface area contributed by atoms with Crippen LogP contribution in [0.4, 0.5) is 0 Å². The van der Waals surface area contributed by atoms with Crippen molar-refractivity contribution in [1.82, 2.24) is 10.2 Å². The van der Waals surface area contributed by atoms with Gasteiger partial charge >= 0.3 is 11.9 Å². The third kappa shape index (κ3) is 23.7. The van der Waals surface area contributed by atoms with Gasteiger partial charge in [-0.15, -0.1) is 0 Å². The number of amides is 1. The Bertz CT molecular complexity index is 744. The molecule has 0 aromatic heterocycles. The van der Waals surface area contributed by atoms with Crippen LogP contribution < -0.4 is 5.32 Å². The van der Waals surface area contributed by atoms with Gasteiger partial charge in [0.15, 0.2) is 0 Å². The number of unbranched alkanes of at least 4 members (excludes halogenated alkanes) is 15. The largest absolute Gasteiger partial charge is 0.466 e. The second kappa shape index (κ2) is 28.9. The van der Waals surface area contributed by atoms with E-state index >= 15 is 0 Å². The molecule has 0 bridgehead atoms. The highest BCUT2D eigenvalue weighted by molar-refractivity contribution is 7.99. The Morgan fingerprint density at radius 2 is 1.29 bits per heavy atom. The first kappa shape index (κ1) is 41.7. The van der Waals surface area contributed by atoms with Gasteiger partial charge in [0.05, 0.1) is 19.1 Å². The molecule has 45 heavy (non-hydrogen) atoms. The Labute approximate surface area is 281 Å². The number of carbonyl (C=O) groups is 3. The van der Waals surface area contributed by atoms with Crippen LogP contribution >= 0.6 is 11.8 Å². The molecule has 0 aliphatic carbocycles. The number of thioether (sulfide) groups is 1. The molecule has 1 aliphatic rings. The fraction of sp³-hybridized carbons (Fsp3) is 0.919. The fourth-order valence-corrected chi connectivity index (χ4v) is 6.76. The molecule has 0 radical (unpaired) electrons. The van der Waals surface area contributed by atoms with Crippen molar-refractivity contribution >= 4 is 29.6 Å². The molecule has 0 saturated carbocycles. The third-order valence-corrected chi connectivity index (χ3v) is 9.98. The Morgan fingerprint density at radius 1 is 0.756 bits per heavy atom. The van der Waals surface area contributed by atoms with Crippen LogP contribution in [0.1, 0.15) is 162 Å². The number of rotatable bonds is 29. The summed E-state index contributed by atoms with van der Waals surface area (Å²) in [4.78, 5) is 40.8. The second-order valence-corrected chi connectivity index (χ2v) is 14.6. The van der Waals surface area contributed by atoms with Crippen LogP contribution in [0.5, 0.6) is 0 Å². The summed E-state index contributed by atoms with van der Waals surface area (Å²) in [5.41, 5.74) is 0. The summed E-state index contributed by atoms with van der Waals surface area (Å²) < 4.78 is 11.2. The first-order chi connectivity index (χ1) is 21.9. The van der Waals surface area contributed by atoms with Gasteiger partial charge in [0.1, 0.15) is 5.92 Å². The Kier molecular flexibility index (Phi) is 26.8. The molecule has 2 unspecified atom stereocenters. The van der Waals surface area contributed by atoms with Crippen molar-refractivity contribution < 1.29 is 23.9 Å². The van der Waals surface area contributed by atoms with E-state index in [4.69, 9.17) is 9.47 Å². The van der Waals surface area contributed by atoms with E-state index in [1.807, 2.05) is 6.92 Å². The van der Waals surface area contributed by atoms with Crippen molar-refractivity contribution in [3.8, 4) is 0 Å². The lowest BCUT2D eigenvalue weighted by Crippen LogP contribution is -2.47. The number of carbonyl (C=O) groups excluding carboxylic acids is 3. The van der Waals surface area contributed by atoms with Gasteiger partial charge in [0.2, 0.25) is 5.91 Å². The molecule has 1 aliphatic heterocycles. The maximum absolute atomic E-state index is 13.2. The topological polar surface area (TPSA) is 84.9 Å². The number of piperidine rings is 1. The number of hydrogen-bond donors (Lipinski definition) is 1. The van der Waals surface area contributed by atoms with Gasteiger partial charge in [0.25, 0.3) is 0 Å². The van der Waals surface area contributed by atoms with E-state index in [0.29, 0.717) is 31.0 Å². The van der Waals surface area contributed by atoms with E-state index in [1.54, 1.807) is 11.8 Å². The quantitative estimate of drug-likeness (QED) is 0.0490. The van der Waals surface area contributed by atoms with Gasteiger partial charge in [-0.05, 0) is 71.3 Å². The number of nitrogens with one attached hydrogen (secondary N) is 1. The molecule has 0 aromatic carbocycles. The molecular weight excluding hydrogens is 584 g/mol. The molecule has 1 saturated heterocycles. The van der Waals surface area contributed by atoms with Gasteiger partial charge in [-0.25, -0.2) is 0 Å². The predicted molar refractivity (Wildman–Crippen MR) is 190 cm³/mol. The van der Waals surface area contributed by atoms with Gasteiger partial charge < -0.3 is 19.7 Å². The molecular formula is C37H70N2O5S. The molecule has 8 heteroatoms. The predicted octanol–water partition coefficient (Wildman–Crippen LogP) is 8.86. The van der Waals surface area contributed by atoms with Crippen LogP contribution in [-0.4, -0.2) is 73.1 Å². The number of likely N-dealkylation sites (tertiary alicyclic amines) is 1. The van der Waals surface area contributed by atoms with Crippen LogP contribution in [0.25, 0.3) is 0 Å². The standard InChI is InChI=1S/C37H70N2O5S/c1-5-7-9-11-13-14-15-16-17-19-21-29-43-35(40)26-31-45-30-25-34(36(41)38-33-23-27-39(4)28-24-33)37(42)44-32(3)22-20-18-12-10-8-6-2/h32-34H,5-31H2,1-4H3,(H,38,41). The first-order valence-electron chi connectivity index (χ1n) is 18.8. The maximum atomic E-state index is 13.2. The van der Waals surface area contributed by atoms with Crippen molar-refractivity contribution in [2.24, 2.45) is 5.92 Å². The average Bonchev–Trinajstić information content (AvgIpc) is 3.02. The van der Waals surface area contributed by atoms with Gasteiger partial charge in [-0.3, -0.25) is 14.4 Å². The SMILES string of the molecule is CCCCCCCCCCCCCOC(=O)CCSCCC(C(=O)NC1CCN(C)CC1)C(=O)OC(C)CCCCCCCC. The lowest BCUT2D eigenvalue weighted by Gasteiger charge is -2.30. The van der Waals surface area contributed by atoms with Gasteiger partial charge in [0, 0.05) is 11.8 Å². The first-order valence-corrected chi connectivity index (χ1v) is 20.0. The molecule has 0 spiro atoms. The molecule has 1 heterocycles. The molecule has 264 valence electrons. The summed E-state index contributed by atoms with van der Waals surface area (Å²) in [6, 6.07) is 0.104. The van der Waals surface area contributed by atoms with Crippen molar-refractivity contribution in [2.45, 2.75) is 174 Å². The van der Waals surface area contributed by atoms with Crippen molar-refractivity contribution in [1.29, 1.82) is 0 Å². The molecule has 7 nitrogen and oxygen atoms in total. The highest BCUT2D eigenvalue weighted by Crippen LogP contribution is 2.18. The van der Waals surface area contributed by atoms with E-state index < -0.39 is 11.9 Å². The van der Waals surface area contributed by atoms with E-state index in [1.165, 1.54) is 83.5 Å². The summed E-state index contributed by atoms with van der Waals surface area (Å²) in [5, 5.41) is 3.13. The van der Waals surface area contributed by atoms with E-state index in [0.717, 1.165) is 58.0 Å². The van der Waals surface area contributed by atoms with Crippen LogP contribution in [0, 0.1) is 5.92 Å². The lowest BCUT2D eigenvalue weighted by molar-refractivity contribution is -0.157. The van der Waals surface area contributed by atoms with E-state index in [2.05, 4.69) is 31.1 Å². The minimum absolute atomic E-state index is 0.104. The van der Waals surface area contributed by atoms with Gasteiger partial charge in [-0.2, -0.15) is 11.8 Å². The van der Waals surface area contributed by atoms with Crippen molar-refractivity contribution in [3.63, 3.8) is 0 Å². The van der Waals surface area contributed by atoms with E-state index in [-0.39, 0.29) is 24.0 Å². The van der Waals surface area contributed by atoms with Crippen molar-refractivity contribution in [2.75, 3.05) is 38.2 Å². The summed E-state index contributed by atoms with van der Waals surface area (Å²) in [7, 11) is 2.09. The van der Waals surface area contributed by atoms with Crippen LogP contribution in [0.3, 0.4) is 0 Å². The number of ether oxygens (including phenoxy) is 2. The number of hydrogen-bond acceptors (Lipinski definition) is 7. The molecule has 1 rings (SSSR count). The van der Waals surface area contributed by atoms with Gasteiger partial charge in [-0.1, -0.05) is 110 Å². The third-order valence-electron chi connectivity index (χ3n) is 8.96. The number of nitrogens with zero attached hydrogens (tertiary/aromatic N) is 1. The minimum Gasteiger partial charge on any atom is -0.466 e. The smallest absolute Gasteiger partial charge is 0.318 e. The second-order valence-electron chi connectivity index (χ2n) is 13.3. The summed E-state index contributed by atoms with van der Waals surface area (Å²) in [6.07, 6.45) is 24.4. The Morgan fingerprint density at radius 3 is 1.87 bits per heavy atom. The number of esters is 2. The van der Waals surface area contributed by atoms with Crippen LogP contribution in [0.15, 0.2) is 0 Å². The highest BCUT2D eigenvalue weighted by atomic mass is 32.2. The minimum atomic E-state index is -0.808. The normalized spacial score (nSPS) is 15.5. The molecule has 1 amide bonds. The fourth-order valence-electron chi connectivity index (χ4n) is 5.85. The van der Waals surface area contributed by atoms with Crippen LogP contribution in [-0.2, 0) is 23.9 Å². The Balaban J connectivity index is 2.29. The molecule has 1 N–H and O–H groups in total. The maximum Gasteiger partial charge on any atom is 0.318 e. The van der Waals surface area contributed by atoms with Crippen molar-refractivity contribution in [3.05, 3.63) is 0 Å². The highest BCUT2D eigenvalue weighted by Gasteiger charge is 2.31.